The van der Waals surface area contributed by atoms with Gasteiger partial charge in [0.05, 0.1) is 0 Å². The molecule has 7 heteroatoms. The van der Waals surface area contributed by atoms with Crippen molar-refractivity contribution in [1.29, 1.82) is 0 Å². The second-order valence-corrected chi connectivity index (χ2v) is 10.3. The number of hydrogen-bond acceptors (Lipinski definition) is 6. The normalized spacial score (nSPS) is 12.5. The molecule has 0 aliphatic rings. The summed E-state index contributed by atoms with van der Waals surface area (Å²) in [5, 5.41) is 0. The molecule has 0 atom stereocenters. The molecule has 33 heavy (non-hydrogen) atoms. The Morgan fingerprint density at radius 2 is 0.606 bits per heavy atom. The molecule has 0 fully saturated rings. The van der Waals surface area contributed by atoms with Crippen molar-refractivity contribution in [1.82, 2.24) is 0 Å². The Morgan fingerprint density at radius 1 is 0.364 bits per heavy atom. The third-order valence-corrected chi connectivity index (χ3v) is 7.95. The van der Waals surface area contributed by atoms with E-state index in [0.717, 1.165) is 34.3 Å². The van der Waals surface area contributed by atoms with E-state index in [2.05, 4.69) is 0 Å². The fourth-order valence-corrected chi connectivity index (χ4v) is 5.44. The summed E-state index contributed by atoms with van der Waals surface area (Å²) >= 11 is 0. The third kappa shape index (κ3) is 16.5. The Balaban J connectivity index is 3.32. The lowest BCUT2D eigenvalue weighted by Gasteiger charge is -2.28. The topological polar surface area (TPSA) is 55.4 Å². The van der Waals surface area contributed by atoms with Crippen molar-refractivity contribution >= 4 is 8.58 Å². The van der Waals surface area contributed by atoms with Crippen molar-refractivity contribution < 1.29 is 28.4 Å². The zero-order chi connectivity index (χ0) is 24.7. The van der Waals surface area contributed by atoms with Gasteiger partial charge in [0.15, 0.2) is 0 Å². The first kappa shape index (κ1) is 33.2. The maximum Gasteiger partial charge on any atom is 0.282 e. The van der Waals surface area contributed by atoms with Gasteiger partial charge in [-0.05, 0) is 38.0 Å². The number of ether oxygens (including phenoxy) is 6. The van der Waals surface area contributed by atoms with E-state index >= 15 is 0 Å². The van der Waals surface area contributed by atoms with Crippen LogP contribution in [0.5, 0.6) is 0 Å². The molecule has 0 aliphatic heterocycles. The molecule has 0 amide bonds. The van der Waals surface area contributed by atoms with Gasteiger partial charge in [0, 0.05) is 55.5 Å². The number of hydrogen-bond donors (Lipinski definition) is 0. The van der Waals surface area contributed by atoms with Crippen molar-refractivity contribution in [2.24, 2.45) is 0 Å². The molecule has 0 aromatic rings. The predicted octanol–water partition coefficient (Wildman–Crippen LogP) is 7.09. The summed E-state index contributed by atoms with van der Waals surface area (Å²) < 4.78 is 32.0. The molecule has 6 nitrogen and oxygen atoms in total. The zero-order valence-electron chi connectivity index (χ0n) is 22.7. The molecular formula is C26H55O6P. The second-order valence-electron chi connectivity index (χ2n) is 8.79. The van der Waals surface area contributed by atoms with Gasteiger partial charge < -0.3 is 28.4 Å². The smallest absolute Gasteiger partial charge is 0.282 e. The average Bonchev–Trinajstić information content (AvgIpc) is 2.86. The van der Waals surface area contributed by atoms with Crippen LogP contribution in [0.15, 0.2) is 0 Å². The van der Waals surface area contributed by atoms with Gasteiger partial charge in [-0.15, -0.1) is 8.58 Å². The van der Waals surface area contributed by atoms with E-state index in [0.29, 0.717) is 0 Å². The first-order chi connectivity index (χ1) is 16.1. The summed E-state index contributed by atoms with van der Waals surface area (Å²) in [6.07, 6.45) is 22.6. The summed E-state index contributed by atoms with van der Waals surface area (Å²) in [7, 11) is 11.0. The minimum Gasteiger partial charge on any atom is -0.331 e. The van der Waals surface area contributed by atoms with Gasteiger partial charge in [-0.25, -0.2) is 0 Å². The average molecular weight is 495 g/mol. The van der Waals surface area contributed by atoms with Gasteiger partial charge in [-0.1, -0.05) is 64.2 Å². The quantitative estimate of drug-likeness (QED) is 0.0727. The van der Waals surface area contributed by atoms with E-state index in [4.69, 9.17) is 28.4 Å². The molecule has 0 rings (SSSR count). The molecule has 0 radical (unpaired) electrons. The van der Waals surface area contributed by atoms with Crippen molar-refractivity contribution in [3.8, 4) is 0 Å². The molecule has 0 aromatic heterocycles. The van der Waals surface area contributed by atoms with E-state index in [1.54, 1.807) is 42.7 Å². The van der Waals surface area contributed by atoms with Crippen molar-refractivity contribution in [2.45, 2.75) is 115 Å². The van der Waals surface area contributed by atoms with Crippen LogP contribution in [0.1, 0.15) is 103 Å². The lowest BCUT2D eigenvalue weighted by atomic mass is 10.1. The van der Waals surface area contributed by atoms with E-state index in [1.807, 2.05) is 0 Å². The largest absolute Gasteiger partial charge is 0.331 e. The van der Waals surface area contributed by atoms with Crippen molar-refractivity contribution in [3.05, 3.63) is 0 Å². The van der Waals surface area contributed by atoms with Gasteiger partial charge in [-0.2, -0.15) is 0 Å². The van der Waals surface area contributed by atoms with Crippen LogP contribution in [0.4, 0.5) is 0 Å². The summed E-state index contributed by atoms with van der Waals surface area (Å²) in [5.41, 5.74) is 0. The minimum atomic E-state index is -0.854. The van der Waals surface area contributed by atoms with Crippen LogP contribution in [0.3, 0.4) is 0 Å². The van der Waals surface area contributed by atoms with Crippen LogP contribution in [0, 0.1) is 0 Å². The van der Waals surface area contributed by atoms with Crippen LogP contribution in [0.2, 0.25) is 0 Å². The molecule has 0 aliphatic carbocycles. The molecule has 0 bridgehead atoms. The van der Waals surface area contributed by atoms with Gasteiger partial charge in [0.25, 0.3) is 11.9 Å². The maximum atomic E-state index is 5.34. The van der Waals surface area contributed by atoms with Crippen LogP contribution in [-0.2, 0) is 28.4 Å². The fraction of sp³-hybridized carbons (Fsp3) is 1.00. The van der Waals surface area contributed by atoms with Crippen LogP contribution in [-0.4, -0.2) is 66.9 Å². The van der Waals surface area contributed by atoms with E-state index in [9.17, 15) is 0 Å². The van der Waals surface area contributed by atoms with E-state index < -0.39 is 11.9 Å². The molecule has 200 valence electrons. The number of rotatable bonds is 26. The van der Waals surface area contributed by atoms with Gasteiger partial charge >= 0.3 is 0 Å². The second kappa shape index (κ2) is 22.6. The van der Waals surface area contributed by atoms with E-state index in [-0.39, 0.29) is 0 Å². The summed E-state index contributed by atoms with van der Waals surface area (Å²) in [5.74, 6) is -1.71. The Labute approximate surface area is 206 Å². The van der Waals surface area contributed by atoms with Crippen molar-refractivity contribution in [2.75, 3.05) is 55.0 Å². The highest BCUT2D eigenvalue weighted by Crippen LogP contribution is 2.23. The lowest BCUT2D eigenvalue weighted by molar-refractivity contribution is -0.355. The van der Waals surface area contributed by atoms with Crippen LogP contribution >= 0.6 is 8.58 Å². The number of unbranched alkanes of at least 4 members (excludes halogenated alkanes) is 12. The highest BCUT2D eigenvalue weighted by Gasteiger charge is 2.29. The summed E-state index contributed by atoms with van der Waals surface area (Å²) in [6, 6.07) is 0. The predicted molar refractivity (Wildman–Crippen MR) is 139 cm³/mol. The van der Waals surface area contributed by atoms with Crippen LogP contribution in [0.25, 0.3) is 0 Å². The lowest BCUT2D eigenvalue weighted by Crippen LogP contribution is -2.35. The zero-order valence-corrected chi connectivity index (χ0v) is 23.7. The molecule has 0 spiro atoms. The monoisotopic (exact) mass is 494 g/mol. The Kier molecular flexibility index (Phi) is 22.8. The van der Waals surface area contributed by atoms with E-state index in [1.165, 1.54) is 89.4 Å². The van der Waals surface area contributed by atoms with Gasteiger partial charge in [0.2, 0.25) is 0 Å². The number of methoxy groups -OCH3 is 6. The molecular weight excluding hydrogens is 439 g/mol. The Morgan fingerprint density at radius 3 is 0.879 bits per heavy atom. The highest BCUT2D eigenvalue weighted by molar-refractivity contribution is 7.37. The maximum absolute atomic E-state index is 5.34. The molecule has 0 heterocycles. The molecule has 0 unspecified atom stereocenters. The first-order valence-corrected chi connectivity index (χ1v) is 14.5. The summed E-state index contributed by atoms with van der Waals surface area (Å²) in [6.45, 7) is 0. The summed E-state index contributed by atoms with van der Waals surface area (Å²) in [4.78, 5) is 0. The minimum absolute atomic E-state index is 0.787. The van der Waals surface area contributed by atoms with Gasteiger partial charge in [0.1, 0.15) is 0 Å². The Hall–Kier alpha value is 0.190. The highest BCUT2D eigenvalue weighted by atomic mass is 31.1. The molecule has 0 aromatic carbocycles. The fourth-order valence-electron chi connectivity index (χ4n) is 4.19. The van der Waals surface area contributed by atoms with Crippen molar-refractivity contribution in [3.63, 3.8) is 0 Å². The third-order valence-electron chi connectivity index (χ3n) is 6.54. The molecule has 0 saturated heterocycles. The molecule has 0 N–H and O–H groups in total. The molecule has 0 saturated carbocycles. The first-order valence-electron chi connectivity index (χ1n) is 13.1. The van der Waals surface area contributed by atoms with Crippen LogP contribution < -0.4 is 0 Å². The van der Waals surface area contributed by atoms with Gasteiger partial charge in [-0.3, -0.25) is 0 Å². The Bertz CT molecular complexity index is 350. The standard InChI is InChI=1S/C26H55O6P/c1-27-25(28-2,29-3)21-17-13-9-7-11-15-19-23-33-24-20-16-12-8-10-14-18-22-26(30-4,31-5)32-6/h33H,7-24H2,1-6H3. The SMILES string of the molecule is COC(CCCCCCCCCPCCCCCCCCCC(OC)(OC)OC)(OC)OC.